The first-order valence-corrected chi connectivity index (χ1v) is 5.61. The van der Waals surface area contributed by atoms with E-state index < -0.39 is 0 Å². The largest absolute Gasteiger partial charge is 0.347 e. The molecule has 1 aliphatic rings. The van der Waals surface area contributed by atoms with Gasteiger partial charge in [0.2, 0.25) is 0 Å². The van der Waals surface area contributed by atoms with E-state index in [0.717, 1.165) is 18.7 Å². The van der Waals surface area contributed by atoms with Gasteiger partial charge in [0.25, 0.3) is 5.91 Å². The van der Waals surface area contributed by atoms with Gasteiger partial charge < -0.3 is 10.6 Å². The molecule has 1 heterocycles. The van der Waals surface area contributed by atoms with Crippen LogP contribution in [-0.4, -0.2) is 11.4 Å². The van der Waals surface area contributed by atoms with Crippen molar-refractivity contribution in [3.63, 3.8) is 0 Å². The quantitative estimate of drug-likeness (QED) is 0.807. The van der Waals surface area contributed by atoms with Crippen LogP contribution in [0.15, 0.2) is 18.2 Å². The number of carbonyl (C=O) groups excluding carboxylic acids is 1. The van der Waals surface area contributed by atoms with Crippen LogP contribution in [0.2, 0.25) is 0 Å². The van der Waals surface area contributed by atoms with Gasteiger partial charge in [-0.2, -0.15) is 0 Å². The summed E-state index contributed by atoms with van der Waals surface area (Å²) in [6, 6.07) is 5.91. The van der Waals surface area contributed by atoms with Crippen LogP contribution in [0.5, 0.6) is 0 Å². The van der Waals surface area contributed by atoms with Gasteiger partial charge in [0, 0.05) is 24.2 Å². The third-order valence-corrected chi connectivity index (χ3v) is 2.59. The van der Waals surface area contributed by atoms with Crippen LogP contribution in [0.3, 0.4) is 0 Å². The maximum Gasteiger partial charge on any atom is 0.251 e. The van der Waals surface area contributed by atoms with Crippen molar-refractivity contribution in [3.05, 3.63) is 34.9 Å². The summed E-state index contributed by atoms with van der Waals surface area (Å²) in [6.45, 7) is 7.74. The minimum atomic E-state index is -0.186. The Morgan fingerprint density at radius 2 is 1.88 bits per heavy atom. The van der Waals surface area contributed by atoms with E-state index in [1.165, 1.54) is 11.1 Å². The average molecular weight is 255 g/mol. The molecule has 3 nitrogen and oxygen atoms in total. The first-order valence-electron chi connectivity index (χ1n) is 5.61. The Kier molecular flexibility index (Phi) is 4.17. The van der Waals surface area contributed by atoms with E-state index in [0.29, 0.717) is 0 Å². The highest BCUT2D eigenvalue weighted by atomic mass is 35.5. The lowest BCUT2D eigenvalue weighted by Gasteiger charge is -2.20. The van der Waals surface area contributed by atoms with Gasteiger partial charge in [0.05, 0.1) is 0 Å². The second-order valence-electron chi connectivity index (χ2n) is 5.29. The number of fused-ring (bicyclic) bond motifs is 1. The van der Waals surface area contributed by atoms with Gasteiger partial charge in [-0.1, -0.05) is 6.07 Å². The van der Waals surface area contributed by atoms with E-state index in [-0.39, 0.29) is 23.9 Å². The van der Waals surface area contributed by atoms with E-state index in [1.54, 1.807) is 0 Å². The van der Waals surface area contributed by atoms with Crippen molar-refractivity contribution in [1.29, 1.82) is 0 Å². The Labute approximate surface area is 108 Å². The standard InChI is InChI=1S/C13H18N2O.ClH/c1-13(2,3)15-12(16)9-4-5-10-7-14-8-11(10)6-9;/h4-6,14H,7-8H2,1-3H3,(H,15,16);1H. The van der Waals surface area contributed by atoms with Gasteiger partial charge in [0.15, 0.2) is 0 Å². The van der Waals surface area contributed by atoms with Crippen molar-refractivity contribution in [3.8, 4) is 0 Å². The van der Waals surface area contributed by atoms with E-state index in [9.17, 15) is 4.79 Å². The predicted octanol–water partition coefficient (Wildman–Crippen LogP) is 2.24. The maximum absolute atomic E-state index is 11.9. The number of halogens is 1. The molecule has 94 valence electrons. The van der Waals surface area contributed by atoms with E-state index in [2.05, 4.69) is 10.6 Å². The zero-order chi connectivity index (χ0) is 11.8. The molecule has 0 saturated heterocycles. The van der Waals surface area contributed by atoms with E-state index >= 15 is 0 Å². The van der Waals surface area contributed by atoms with Crippen molar-refractivity contribution in [2.75, 3.05) is 0 Å². The van der Waals surface area contributed by atoms with Crippen molar-refractivity contribution < 1.29 is 4.79 Å². The summed E-state index contributed by atoms with van der Waals surface area (Å²) < 4.78 is 0. The molecule has 0 spiro atoms. The Hall–Kier alpha value is -1.06. The zero-order valence-corrected chi connectivity index (χ0v) is 11.3. The molecule has 1 amide bonds. The van der Waals surface area contributed by atoms with E-state index in [4.69, 9.17) is 0 Å². The highest BCUT2D eigenvalue weighted by Crippen LogP contribution is 2.17. The first kappa shape index (κ1) is 14.0. The first-order chi connectivity index (χ1) is 7.46. The minimum absolute atomic E-state index is 0. The molecule has 0 radical (unpaired) electrons. The molecule has 0 bridgehead atoms. The highest BCUT2D eigenvalue weighted by Gasteiger charge is 2.17. The van der Waals surface area contributed by atoms with Crippen molar-refractivity contribution >= 4 is 18.3 Å². The molecule has 4 heteroatoms. The molecule has 1 aromatic rings. The number of hydrogen-bond acceptors (Lipinski definition) is 2. The number of amides is 1. The number of nitrogens with one attached hydrogen (secondary N) is 2. The van der Waals surface area contributed by atoms with Crippen LogP contribution in [-0.2, 0) is 13.1 Å². The summed E-state index contributed by atoms with van der Waals surface area (Å²) in [6.07, 6.45) is 0. The van der Waals surface area contributed by atoms with Crippen LogP contribution >= 0.6 is 12.4 Å². The molecular formula is C13H19ClN2O. The topological polar surface area (TPSA) is 41.1 Å². The van der Waals surface area contributed by atoms with Gasteiger partial charge in [-0.05, 0) is 44.0 Å². The normalized spacial score (nSPS) is 13.8. The molecule has 2 rings (SSSR count). The second-order valence-corrected chi connectivity index (χ2v) is 5.29. The third-order valence-electron chi connectivity index (χ3n) is 2.59. The monoisotopic (exact) mass is 254 g/mol. The van der Waals surface area contributed by atoms with Gasteiger partial charge >= 0.3 is 0 Å². The van der Waals surface area contributed by atoms with Crippen LogP contribution in [0.4, 0.5) is 0 Å². The second kappa shape index (κ2) is 5.07. The summed E-state index contributed by atoms with van der Waals surface area (Å²) in [7, 11) is 0. The number of carbonyl (C=O) groups is 1. The van der Waals surface area contributed by atoms with Crippen LogP contribution in [0, 0.1) is 0 Å². The molecule has 0 aliphatic carbocycles. The molecule has 1 aromatic carbocycles. The molecular weight excluding hydrogens is 236 g/mol. The van der Waals surface area contributed by atoms with Gasteiger partial charge in [0.1, 0.15) is 0 Å². The van der Waals surface area contributed by atoms with Gasteiger partial charge in [-0.3, -0.25) is 4.79 Å². The smallest absolute Gasteiger partial charge is 0.251 e. The summed E-state index contributed by atoms with van der Waals surface area (Å²) in [5.74, 6) is 0.00204. The fourth-order valence-electron chi connectivity index (χ4n) is 1.85. The Morgan fingerprint density at radius 3 is 2.53 bits per heavy atom. The fraction of sp³-hybridized carbons (Fsp3) is 0.462. The average Bonchev–Trinajstić information content (AvgIpc) is 2.61. The number of rotatable bonds is 1. The molecule has 0 aromatic heterocycles. The molecule has 1 aliphatic heterocycles. The molecule has 0 fully saturated rings. The number of benzene rings is 1. The lowest BCUT2D eigenvalue weighted by Crippen LogP contribution is -2.40. The van der Waals surface area contributed by atoms with Crippen molar-refractivity contribution in [2.45, 2.75) is 39.4 Å². The summed E-state index contributed by atoms with van der Waals surface area (Å²) in [5, 5.41) is 6.24. The minimum Gasteiger partial charge on any atom is -0.347 e. The molecule has 0 saturated carbocycles. The molecule has 0 unspecified atom stereocenters. The predicted molar refractivity (Wildman–Crippen MR) is 71.5 cm³/mol. The Morgan fingerprint density at radius 1 is 1.24 bits per heavy atom. The summed E-state index contributed by atoms with van der Waals surface area (Å²) in [4.78, 5) is 11.9. The molecule has 0 atom stereocenters. The molecule has 2 N–H and O–H groups in total. The van der Waals surface area contributed by atoms with Crippen molar-refractivity contribution in [1.82, 2.24) is 10.6 Å². The highest BCUT2D eigenvalue weighted by molar-refractivity contribution is 5.94. The molecule has 17 heavy (non-hydrogen) atoms. The van der Waals surface area contributed by atoms with Crippen LogP contribution < -0.4 is 10.6 Å². The fourth-order valence-corrected chi connectivity index (χ4v) is 1.85. The summed E-state index contributed by atoms with van der Waals surface area (Å²) in [5.41, 5.74) is 3.10. The Balaban J connectivity index is 0.00000144. The van der Waals surface area contributed by atoms with Crippen LogP contribution in [0.1, 0.15) is 42.3 Å². The lowest BCUT2D eigenvalue weighted by molar-refractivity contribution is 0.0919. The van der Waals surface area contributed by atoms with E-state index in [1.807, 2.05) is 39.0 Å². The third kappa shape index (κ3) is 3.45. The van der Waals surface area contributed by atoms with Crippen molar-refractivity contribution in [2.24, 2.45) is 0 Å². The Bertz CT molecular complexity index is 424. The van der Waals surface area contributed by atoms with Gasteiger partial charge in [-0.15, -0.1) is 12.4 Å². The maximum atomic E-state index is 11.9. The lowest BCUT2D eigenvalue weighted by atomic mass is 10.0. The summed E-state index contributed by atoms with van der Waals surface area (Å²) >= 11 is 0. The number of hydrogen-bond donors (Lipinski definition) is 2. The van der Waals surface area contributed by atoms with Gasteiger partial charge in [-0.25, -0.2) is 0 Å². The zero-order valence-electron chi connectivity index (χ0n) is 10.5. The van der Waals surface area contributed by atoms with Crippen LogP contribution in [0.25, 0.3) is 0 Å². The SMILES string of the molecule is CC(C)(C)NC(=O)c1ccc2c(c1)CNC2.Cl.